The highest BCUT2D eigenvalue weighted by Crippen LogP contribution is 2.32. The van der Waals surface area contributed by atoms with E-state index in [2.05, 4.69) is 32.1 Å². The fourth-order valence-corrected chi connectivity index (χ4v) is 5.57. The number of nitrogens with zero attached hydrogens (tertiary/aromatic N) is 5. The van der Waals surface area contributed by atoms with Crippen LogP contribution in [-0.2, 0) is 6.54 Å². The molecule has 0 radical (unpaired) electrons. The third-order valence-electron chi connectivity index (χ3n) is 7.77. The van der Waals surface area contributed by atoms with Gasteiger partial charge < -0.3 is 15.3 Å². The zero-order valence-electron chi connectivity index (χ0n) is 21.7. The summed E-state index contributed by atoms with van der Waals surface area (Å²) in [5.41, 5.74) is 1.42. The number of aliphatic hydroxyl groups is 1. The minimum absolute atomic E-state index is 0.0775. The van der Waals surface area contributed by atoms with Gasteiger partial charge in [-0.1, -0.05) is 12.1 Å². The van der Waals surface area contributed by atoms with Crippen LogP contribution in [0.25, 0.3) is 21.8 Å². The largest absolute Gasteiger partial charge is 0.393 e. The Morgan fingerprint density at radius 3 is 2.50 bits per heavy atom. The molecule has 3 aromatic rings. The van der Waals surface area contributed by atoms with Crippen LogP contribution in [0.5, 0.6) is 0 Å². The molecule has 8 nitrogen and oxygen atoms in total. The number of likely N-dealkylation sites (N-methyl/N-ethyl adjacent to an activating group) is 1. The molecule has 2 fully saturated rings. The van der Waals surface area contributed by atoms with Crippen molar-refractivity contribution in [2.75, 3.05) is 45.1 Å². The number of halogens is 3. The molecule has 5 rings (SSSR count). The van der Waals surface area contributed by atoms with Gasteiger partial charge in [-0.2, -0.15) is 18.2 Å². The summed E-state index contributed by atoms with van der Waals surface area (Å²) in [7, 11) is 2.12. The Labute approximate surface area is 219 Å². The van der Waals surface area contributed by atoms with Crippen molar-refractivity contribution >= 4 is 27.8 Å². The van der Waals surface area contributed by atoms with Gasteiger partial charge in [0.2, 0.25) is 5.95 Å². The molecule has 2 aliphatic rings. The zero-order chi connectivity index (χ0) is 26.9. The molecule has 0 atom stereocenters. The summed E-state index contributed by atoms with van der Waals surface area (Å²) in [5.74, 6) is 0.203. The van der Waals surface area contributed by atoms with Gasteiger partial charge in [0, 0.05) is 68.7 Å². The van der Waals surface area contributed by atoms with Crippen LogP contribution in [0.1, 0.15) is 50.1 Å². The molecule has 206 valence electrons. The van der Waals surface area contributed by atoms with Gasteiger partial charge in [-0.15, -0.1) is 0 Å². The summed E-state index contributed by atoms with van der Waals surface area (Å²) >= 11 is 0. The van der Waals surface area contributed by atoms with E-state index in [-0.39, 0.29) is 36.6 Å². The summed E-state index contributed by atoms with van der Waals surface area (Å²) in [6, 6.07) is 5.86. The van der Waals surface area contributed by atoms with Gasteiger partial charge >= 0.3 is 6.18 Å². The monoisotopic (exact) mass is 532 g/mol. The number of aromatic nitrogens is 3. The second-order valence-electron chi connectivity index (χ2n) is 10.7. The van der Waals surface area contributed by atoms with Gasteiger partial charge in [0.15, 0.2) is 0 Å². The van der Waals surface area contributed by atoms with E-state index in [1.807, 2.05) is 18.2 Å². The van der Waals surface area contributed by atoms with Crippen LogP contribution in [0.3, 0.4) is 0 Å². The minimum Gasteiger partial charge on any atom is -0.393 e. The Kier molecular flexibility index (Phi) is 7.88. The maximum Gasteiger partial charge on any atom is 0.389 e. The highest BCUT2D eigenvalue weighted by atomic mass is 19.4. The number of benzene rings is 1. The van der Waals surface area contributed by atoms with Crippen LogP contribution in [-0.4, -0.2) is 81.5 Å². The Morgan fingerprint density at radius 1 is 1.05 bits per heavy atom. The van der Waals surface area contributed by atoms with Crippen LogP contribution >= 0.6 is 0 Å². The molecule has 1 aromatic carbocycles. The number of alkyl halides is 3. The fraction of sp³-hybridized carbons (Fsp3) is 0.593. The van der Waals surface area contributed by atoms with Crippen molar-refractivity contribution in [2.24, 2.45) is 0 Å². The Morgan fingerprint density at radius 2 is 1.79 bits per heavy atom. The van der Waals surface area contributed by atoms with Crippen LogP contribution in [0.2, 0.25) is 0 Å². The first-order valence-electron chi connectivity index (χ1n) is 13.4. The second-order valence-corrected chi connectivity index (χ2v) is 10.7. The van der Waals surface area contributed by atoms with Crippen molar-refractivity contribution in [3.05, 3.63) is 40.3 Å². The van der Waals surface area contributed by atoms with E-state index in [1.54, 1.807) is 10.8 Å². The number of piperazine rings is 1. The molecule has 2 aromatic heterocycles. The van der Waals surface area contributed by atoms with E-state index in [0.29, 0.717) is 36.7 Å². The lowest BCUT2D eigenvalue weighted by atomic mass is 9.92. The fourth-order valence-electron chi connectivity index (χ4n) is 5.57. The molecule has 3 heterocycles. The molecule has 1 saturated carbocycles. The zero-order valence-corrected chi connectivity index (χ0v) is 21.7. The normalized spacial score (nSPS) is 21.8. The second kappa shape index (κ2) is 11.2. The number of aliphatic hydroxyl groups excluding tert-OH is 1. The molecule has 11 heteroatoms. The maximum atomic E-state index is 14.0. The van der Waals surface area contributed by atoms with Crippen LogP contribution in [0.15, 0.2) is 29.2 Å². The number of anilines is 1. The van der Waals surface area contributed by atoms with E-state index in [1.165, 1.54) is 0 Å². The maximum absolute atomic E-state index is 14.0. The predicted octanol–water partition coefficient (Wildman–Crippen LogP) is 3.92. The van der Waals surface area contributed by atoms with Gasteiger partial charge in [0.05, 0.1) is 6.10 Å². The van der Waals surface area contributed by atoms with E-state index >= 15 is 0 Å². The van der Waals surface area contributed by atoms with Gasteiger partial charge in [-0.3, -0.25) is 14.3 Å². The first-order valence-corrected chi connectivity index (χ1v) is 13.4. The molecule has 38 heavy (non-hydrogen) atoms. The van der Waals surface area contributed by atoms with Crippen molar-refractivity contribution in [3.8, 4) is 0 Å². The minimum atomic E-state index is -4.21. The Hall–Kier alpha value is -2.76. The Balaban J connectivity index is 1.51. The van der Waals surface area contributed by atoms with E-state index in [4.69, 9.17) is 0 Å². The number of hydrogen-bond acceptors (Lipinski definition) is 7. The summed E-state index contributed by atoms with van der Waals surface area (Å²) in [6.07, 6.45) is -1.38. The molecule has 0 bridgehead atoms. The highest BCUT2D eigenvalue weighted by Gasteiger charge is 2.27. The Bertz CT molecular complexity index is 1330. The van der Waals surface area contributed by atoms with Crippen molar-refractivity contribution < 1.29 is 18.3 Å². The topological polar surface area (TPSA) is 86.5 Å². The third-order valence-corrected chi connectivity index (χ3v) is 7.77. The van der Waals surface area contributed by atoms with E-state index in [9.17, 15) is 23.1 Å². The average molecular weight is 533 g/mol. The van der Waals surface area contributed by atoms with Crippen LogP contribution in [0.4, 0.5) is 19.1 Å². The van der Waals surface area contributed by atoms with Gasteiger partial charge in [-0.25, -0.2) is 4.98 Å². The van der Waals surface area contributed by atoms with Crippen molar-refractivity contribution in [2.45, 2.75) is 63.4 Å². The summed E-state index contributed by atoms with van der Waals surface area (Å²) < 4.78 is 39.3. The highest BCUT2D eigenvalue weighted by molar-refractivity contribution is 6.04. The van der Waals surface area contributed by atoms with Crippen LogP contribution in [0, 0.1) is 0 Å². The SMILES string of the molecule is CN1CCN(Cc2ccc3c(c2)c(=O)n(C2CCC(O)CC2)c2nc(NCCCC(F)(F)F)ncc32)CC1. The quantitative estimate of drug-likeness (QED) is 0.352. The molecular formula is C27H35F3N6O2. The molecule has 0 amide bonds. The third kappa shape index (κ3) is 6.10. The smallest absolute Gasteiger partial charge is 0.389 e. The van der Waals surface area contributed by atoms with Crippen molar-refractivity contribution in [1.82, 2.24) is 24.3 Å². The molecule has 2 N–H and O–H groups in total. The molecule has 1 aliphatic heterocycles. The lowest BCUT2D eigenvalue weighted by Crippen LogP contribution is -2.43. The lowest BCUT2D eigenvalue weighted by Gasteiger charge is -2.32. The van der Waals surface area contributed by atoms with Crippen molar-refractivity contribution in [1.29, 1.82) is 0 Å². The van der Waals surface area contributed by atoms with Gasteiger partial charge in [-0.05, 0) is 56.2 Å². The van der Waals surface area contributed by atoms with Crippen LogP contribution < -0.4 is 10.9 Å². The summed E-state index contributed by atoms with van der Waals surface area (Å²) in [5, 5.41) is 15.0. The van der Waals surface area contributed by atoms with Gasteiger partial charge in [0.25, 0.3) is 5.56 Å². The number of pyridine rings is 1. The van der Waals surface area contributed by atoms with E-state index in [0.717, 1.165) is 49.1 Å². The first kappa shape index (κ1) is 26.8. The molecule has 0 unspecified atom stereocenters. The molecular weight excluding hydrogens is 497 g/mol. The average Bonchev–Trinajstić information content (AvgIpc) is 2.89. The molecule has 1 aliphatic carbocycles. The van der Waals surface area contributed by atoms with Gasteiger partial charge in [0.1, 0.15) is 5.65 Å². The number of hydrogen-bond donors (Lipinski definition) is 2. The summed E-state index contributed by atoms with van der Waals surface area (Å²) in [6.45, 7) is 4.84. The first-order chi connectivity index (χ1) is 18.2. The lowest BCUT2D eigenvalue weighted by molar-refractivity contribution is -0.134. The standard InChI is InChI=1S/C27H35F3N6O2/c1-34-11-13-35(14-12-34)17-18-3-8-21-22(15-18)25(38)36(19-4-6-20(37)7-5-19)24-23(21)16-32-26(33-24)31-10-2-9-27(28,29)30/h3,8,15-16,19-20,37H,2,4-7,9-14,17H2,1H3,(H,31,32,33). The van der Waals surface area contributed by atoms with E-state index < -0.39 is 12.6 Å². The summed E-state index contributed by atoms with van der Waals surface area (Å²) in [4.78, 5) is 27.7. The van der Waals surface area contributed by atoms with Crippen molar-refractivity contribution in [3.63, 3.8) is 0 Å². The predicted molar refractivity (Wildman–Crippen MR) is 141 cm³/mol. The number of nitrogens with one attached hydrogen (secondary N) is 1. The molecule has 0 spiro atoms. The number of fused-ring (bicyclic) bond motifs is 3. The number of rotatable bonds is 7. The molecule has 1 saturated heterocycles.